The van der Waals surface area contributed by atoms with E-state index in [9.17, 15) is 15.0 Å². The molecule has 0 bridgehead atoms. The van der Waals surface area contributed by atoms with Crippen LogP contribution in [0.3, 0.4) is 0 Å². The molecule has 1 aromatic rings. The summed E-state index contributed by atoms with van der Waals surface area (Å²) in [7, 11) is 1.34. The zero-order valence-electron chi connectivity index (χ0n) is 10.1. The summed E-state index contributed by atoms with van der Waals surface area (Å²) in [5.41, 5.74) is 0.454. The SMILES string of the molecule is CCCOC(=O)c1cc(OC)c(O)c(O)c1C. The molecule has 1 aromatic carbocycles. The van der Waals surface area contributed by atoms with Crippen molar-refractivity contribution in [3.63, 3.8) is 0 Å². The molecule has 0 aliphatic rings. The number of methoxy groups -OCH3 is 1. The summed E-state index contributed by atoms with van der Waals surface area (Å²) in [6.45, 7) is 3.72. The van der Waals surface area contributed by atoms with Crippen LogP contribution in [0.5, 0.6) is 17.2 Å². The molecule has 0 aliphatic heterocycles. The minimum Gasteiger partial charge on any atom is -0.504 e. The molecule has 0 atom stereocenters. The van der Waals surface area contributed by atoms with E-state index in [4.69, 9.17) is 9.47 Å². The van der Waals surface area contributed by atoms with Gasteiger partial charge in [0.25, 0.3) is 0 Å². The predicted molar refractivity (Wildman–Crippen MR) is 61.6 cm³/mol. The number of phenols is 2. The van der Waals surface area contributed by atoms with Crippen LogP contribution >= 0.6 is 0 Å². The van der Waals surface area contributed by atoms with Gasteiger partial charge in [0.2, 0.25) is 5.75 Å². The van der Waals surface area contributed by atoms with Gasteiger partial charge in [-0.25, -0.2) is 4.79 Å². The second kappa shape index (κ2) is 5.43. The average molecular weight is 240 g/mol. The van der Waals surface area contributed by atoms with Crippen molar-refractivity contribution in [1.29, 1.82) is 0 Å². The van der Waals surface area contributed by atoms with Crippen LogP contribution in [-0.4, -0.2) is 29.9 Å². The maximum atomic E-state index is 11.7. The summed E-state index contributed by atoms with van der Waals surface area (Å²) in [5.74, 6) is -1.25. The van der Waals surface area contributed by atoms with Crippen LogP contribution in [0.15, 0.2) is 6.07 Å². The summed E-state index contributed by atoms with van der Waals surface area (Å²) in [6, 6.07) is 1.35. The van der Waals surface area contributed by atoms with E-state index < -0.39 is 5.97 Å². The minimum absolute atomic E-state index is 0.0385. The van der Waals surface area contributed by atoms with E-state index in [2.05, 4.69) is 0 Å². The zero-order chi connectivity index (χ0) is 13.0. The molecular weight excluding hydrogens is 224 g/mol. The summed E-state index contributed by atoms with van der Waals surface area (Å²) in [5, 5.41) is 19.2. The first kappa shape index (κ1) is 13.2. The molecule has 5 heteroatoms. The molecule has 2 N–H and O–H groups in total. The molecule has 0 saturated heterocycles. The summed E-state index contributed by atoms with van der Waals surface area (Å²) in [4.78, 5) is 11.7. The number of carbonyl (C=O) groups is 1. The van der Waals surface area contributed by atoms with E-state index >= 15 is 0 Å². The Morgan fingerprint density at radius 1 is 1.35 bits per heavy atom. The molecule has 0 radical (unpaired) electrons. The number of rotatable bonds is 4. The van der Waals surface area contributed by atoms with Crippen molar-refractivity contribution in [2.75, 3.05) is 13.7 Å². The lowest BCUT2D eigenvalue weighted by Gasteiger charge is -2.12. The Morgan fingerprint density at radius 2 is 2.00 bits per heavy atom. The van der Waals surface area contributed by atoms with Crippen molar-refractivity contribution in [1.82, 2.24) is 0 Å². The molecule has 0 unspecified atom stereocenters. The third-order valence-electron chi connectivity index (χ3n) is 2.37. The van der Waals surface area contributed by atoms with Crippen LogP contribution < -0.4 is 4.74 Å². The zero-order valence-corrected chi connectivity index (χ0v) is 10.1. The normalized spacial score (nSPS) is 10.1. The van der Waals surface area contributed by atoms with Crippen molar-refractivity contribution in [3.05, 3.63) is 17.2 Å². The van der Waals surface area contributed by atoms with Gasteiger partial charge in [-0.05, 0) is 19.4 Å². The molecule has 0 fully saturated rings. The number of benzene rings is 1. The quantitative estimate of drug-likeness (QED) is 0.621. The van der Waals surface area contributed by atoms with Crippen LogP contribution in [-0.2, 0) is 4.74 Å². The van der Waals surface area contributed by atoms with E-state index in [0.29, 0.717) is 13.0 Å². The van der Waals surface area contributed by atoms with Gasteiger partial charge in [-0.2, -0.15) is 0 Å². The molecule has 0 heterocycles. The summed E-state index contributed by atoms with van der Waals surface area (Å²) >= 11 is 0. The lowest BCUT2D eigenvalue weighted by atomic mass is 10.1. The smallest absolute Gasteiger partial charge is 0.338 e. The Hall–Kier alpha value is -1.91. The van der Waals surface area contributed by atoms with Gasteiger partial charge in [-0.3, -0.25) is 0 Å². The van der Waals surface area contributed by atoms with Crippen LogP contribution in [0.1, 0.15) is 29.3 Å². The first-order valence-electron chi connectivity index (χ1n) is 5.29. The lowest BCUT2D eigenvalue weighted by Crippen LogP contribution is -2.08. The number of phenolic OH excluding ortho intramolecular Hbond substituents is 2. The van der Waals surface area contributed by atoms with Crippen molar-refractivity contribution in [2.45, 2.75) is 20.3 Å². The van der Waals surface area contributed by atoms with Gasteiger partial charge in [0.05, 0.1) is 19.3 Å². The highest BCUT2D eigenvalue weighted by atomic mass is 16.5. The van der Waals surface area contributed by atoms with E-state index in [1.807, 2.05) is 6.92 Å². The Balaban J connectivity index is 3.15. The van der Waals surface area contributed by atoms with Gasteiger partial charge in [0, 0.05) is 5.56 Å². The molecule has 94 valence electrons. The Bertz CT molecular complexity index is 425. The highest BCUT2D eigenvalue weighted by molar-refractivity contribution is 5.93. The average Bonchev–Trinajstić information content (AvgIpc) is 2.33. The lowest BCUT2D eigenvalue weighted by molar-refractivity contribution is 0.0503. The highest BCUT2D eigenvalue weighted by Crippen LogP contribution is 2.39. The van der Waals surface area contributed by atoms with Crippen molar-refractivity contribution >= 4 is 5.97 Å². The molecule has 1 rings (SSSR count). The monoisotopic (exact) mass is 240 g/mol. The summed E-state index contributed by atoms with van der Waals surface area (Å²) in [6.07, 6.45) is 0.714. The number of ether oxygens (including phenoxy) is 2. The Morgan fingerprint density at radius 3 is 2.53 bits per heavy atom. The number of hydrogen-bond acceptors (Lipinski definition) is 5. The van der Waals surface area contributed by atoms with Crippen molar-refractivity contribution < 1.29 is 24.5 Å². The van der Waals surface area contributed by atoms with Gasteiger partial charge in [0.15, 0.2) is 11.5 Å². The fourth-order valence-electron chi connectivity index (χ4n) is 1.37. The van der Waals surface area contributed by atoms with Gasteiger partial charge in [-0.15, -0.1) is 0 Å². The van der Waals surface area contributed by atoms with E-state index in [0.717, 1.165) is 0 Å². The molecule has 0 spiro atoms. The molecule has 17 heavy (non-hydrogen) atoms. The summed E-state index contributed by atoms with van der Waals surface area (Å²) < 4.78 is 9.82. The number of esters is 1. The largest absolute Gasteiger partial charge is 0.504 e. The minimum atomic E-state index is -0.544. The maximum absolute atomic E-state index is 11.7. The molecule has 0 amide bonds. The van der Waals surface area contributed by atoms with Gasteiger partial charge >= 0.3 is 5.97 Å². The fourth-order valence-corrected chi connectivity index (χ4v) is 1.37. The molecule has 5 nitrogen and oxygen atoms in total. The van der Waals surface area contributed by atoms with Crippen LogP contribution in [0.4, 0.5) is 0 Å². The number of carbonyl (C=O) groups excluding carboxylic acids is 1. The number of aromatic hydroxyl groups is 2. The van der Waals surface area contributed by atoms with E-state index in [-0.39, 0.29) is 28.4 Å². The topological polar surface area (TPSA) is 76.0 Å². The molecular formula is C12H16O5. The van der Waals surface area contributed by atoms with Crippen molar-refractivity contribution in [3.8, 4) is 17.2 Å². The standard InChI is InChI=1S/C12H16O5/c1-4-5-17-12(15)8-6-9(16-3)11(14)10(13)7(8)2/h6,13-14H,4-5H2,1-3H3. The van der Waals surface area contributed by atoms with Crippen LogP contribution in [0.2, 0.25) is 0 Å². The van der Waals surface area contributed by atoms with Gasteiger partial charge in [-0.1, -0.05) is 6.92 Å². The number of hydrogen-bond donors (Lipinski definition) is 2. The maximum Gasteiger partial charge on any atom is 0.338 e. The highest BCUT2D eigenvalue weighted by Gasteiger charge is 2.20. The molecule has 0 saturated carbocycles. The molecule has 0 aliphatic carbocycles. The second-order valence-corrected chi connectivity index (χ2v) is 3.58. The third kappa shape index (κ3) is 2.61. The fraction of sp³-hybridized carbons (Fsp3) is 0.417. The van der Waals surface area contributed by atoms with Crippen molar-refractivity contribution in [2.24, 2.45) is 0 Å². The third-order valence-corrected chi connectivity index (χ3v) is 2.37. The Labute approximate surface area is 99.6 Å². The Kier molecular flexibility index (Phi) is 4.20. The van der Waals surface area contributed by atoms with Crippen LogP contribution in [0, 0.1) is 6.92 Å². The predicted octanol–water partition coefficient (Wildman–Crippen LogP) is 1.98. The van der Waals surface area contributed by atoms with Gasteiger partial charge < -0.3 is 19.7 Å². The van der Waals surface area contributed by atoms with Gasteiger partial charge in [0.1, 0.15) is 0 Å². The van der Waals surface area contributed by atoms with E-state index in [1.165, 1.54) is 20.1 Å². The first-order valence-corrected chi connectivity index (χ1v) is 5.29. The second-order valence-electron chi connectivity index (χ2n) is 3.58. The first-order chi connectivity index (χ1) is 8.02. The van der Waals surface area contributed by atoms with E-state index in [1.54, 1.807) is 0 Å². The van der Waals surface area contributed by atoms with Crippen LogP contribution in [0.25, 0.3) is 0 Å². The molecule has 0 aromatic heterocycles.